The topological polar surface area (TPSA) is 46.2 Å². The first-order chi connectivity index (χ1) is 7.74. The lowest BCUT2D eigenvalue weighted by atomic mass is 10.7. The van der Waals surface area contributed by atoms with Crippen LogP contribution in [-0.2, 0) is 22.8 Å². The Kier molecular flexibility index (Phi) is 9.55. The summed E-state index contributed by atoms with van der Waals surface area (Å²) in [5.41, 5.74) is 0. The zero-order chi connectivity index (χ0) is 12.3. The molecule has 0 aliphatic heterocycles. The van der Waals surface area contributed by atoms with Gasteiger partial charge in [-0.15, -0.1) is 0 Å². The number of hydrogen-bond donors (Lipinski definition) is 0. The predicted octanol–water partition coefficient (Wildman–Crippen LogP) is 1.43. The van der Waals surface area contributed by atoms with Gasteiger partial charge < -0.3 is 22.8 Å². The number of ether oxygens (including phenoxy) is 2. The molecule has 96 valence electrons. The van der Waals surface area contributed by atoms with Gasteiger partial charge in [0, 0.05) is 27.4 Å². The summed E-state index contributed by atoms with van der Waals surface area (Å²) in [6.07, 6.45) is 3.47. The van der Waals surface area contributed by atoms with Crippen molar-refractivity contribution in [2.24, 2.45) is 0 Å². The maximum atomic E-state index is 5.38. The van der Waals surface area contributed by atoms with Crippen molar-refractivity contribution in [3.8, 4) is 0 Å². The zero-order valence-electron chi connectivity index (χ0n) is 10.5. The lowest BCUT2D eigenvalue weighted by molar-refractivity contribution is 0.0728. The van der Waals surface area contributed by atoms with E-state index >= 15 is 0 Å². The van der Waals surface area contributed by atoms with Gasteiger partial charge in [0.05, 0.1) is 19.5 Å². The fourth-order valence-corrected chi connectivity index (χ4v) is 2.63. The smallest absolute Gasteiger partial charge is 0.499 e. The summed E-state index contributed by atoms with van der Waals surface area (Å²) >= 11 is 0. The SMILES string of the molecule is CC=COCCOCC[Si](OC)(OC)OC. The van der Waals surface area contributed by atoms with Crippen LogP contribution >= 0.6 is 0 Å². The van der Waals surface area contributed by atoms with E-state index < -0.39 is 8.80 Å². The Hall–Kier alpha value is -0.403. The first kappa shape index (κ1) is 15.6. The molecule has 0 atom stereocenters. The van der Waals surface area contributed by atoms with E-state index in [1.807, 2.05) is 13.0 Å². The van der Waals surface area contributed by atoms with Crippen LogP contribution in [0.5, 0.6) is 0 Å². The zero-order valence-corrected chi connectivity index (χ0v) is 11.5. The molecule has 5 nitrogen and oxygen atoms in total. The van der Waals surface area contributed by atoms with Gasteiger partial charge in [-0.2, -0.15) is 0 Å². The summed E-state index contributed by atoms with van der Waals surface area (Å²) in [5, 5.41) is 0. The molecule has 0 aromatic rings. The van der Waals surface area contributed by atoms with Gasteiger partial charge in [-0.3, -0.25) is 0 Å². The molecule has 0 bridgehead atoms. The quantitative estimate of drug-likeness (QED) is 0.333. The second-order valence-electron chi connectivity index (χ2n) is 3.00. The van der Waals surface area contributed by atoms with Crippen molar-refractivity contribution < 1.29 is 22.8 Å². The summed E-state index contributed by atoms with van der Waals surface area (Å²) in [7, 11) is 2.30. The van der Waals surface area contributed by atoms with Crippen molar-refractivity contribution in [3.05, 3.63) is 12.3 Å². The monoisotopic (exact) mass is 250 g/mol. The first-order valence-electron chi connectivity index (χ1n) is 5.20. The average molecular weight is 250 g/mol. The maximum absolute atomic E-state index is 5.38. The second kappa shape index (κ2) is 9.80. The van der Waals surface area contributed by atoms with E-state index in [0.717, 1.165) is 0 Å². The summed E-state index contributed by atoms with van der Waals surface area (Å²) in [6, 6.07) is 0.639. The molecule has 6 heteroatoms. The lowest BCUT2D eigenvalue weighted by Gasteiger charge is -2.23. The van der Waals surface area contributed by atoms with Crippen LogP contribution < -0.4 is 0 Å². The van der Waals surface area contributed by atoms with Gasteiger partial charge in [0.25, 0.3) is 0 Å². The average Bonchev–Trinajstić information content (AvgIpc) is 2.34. The summed E-state index contributed by atoms with van der Waals surface area (Å²) < 4.78 is 26.2. The maximum Gasteiger partial charge on any atom is 0.502 e. The molecule has 0 aliphatic carbocycles. The number of allylic oxidation sites excluding steroid dienone is 1. The van der Waals surface area contributed by atoms with Crippen LogP contribution in [0.15, 0.2) is 12.3 Å². The van der Waals surface area contributed by atoms with Crippen LogP contribution in [-0.4, -0.2) is 50.0 Å². The Bertz CT molecular complexity index is 174. The van der Waals surface area contributed by atoms with Crippen LogP contribution in [0.3, 0.4) is 0 Å². The van der Waals surface area contributed by atoms with E-state index in [-0.39, 0.29) is 0 Å². The van der Waals surface area contributed by atoms with Gasteiger partial charge in [0.2, 0.25) is 0 Å². The molecule has 16 heavy (non-hydrogen) atoms. The molecule has 0 rings (SSSR count). The van der Waals surface area contributed by atoms with Gasteiger partial charge in [-0.1, -0.05) is 6.08 Å². The third kappa shape index (κ3) is 6.24. The molecule has 0 heterocycles. The fraction of sp³-hybridized carbons (Fsp3) is 0.800. The minimum absolute atomic E-state index is 0.543. The molecule has 0 N–H and O–H groups in total. The van der Waals surface area contributed by atoms with E-state index in [4.69, 9.17) is 22.8 Å². The van der Waals surface area contributed by atoms with Gasteiger partial charge in [0.15, 0.2) is 0 Å². The molecular formula is C10H22O5Si. The largest absolute Gasteiger partial charge is 0.502 e. The minimum Gasteiger partial charge on any atom is -0.499 e. The molecule has 0 spiro atoms. The third-order valence-electron chi connectivity index (χ3n) is 2.06. The van der Waals surface area contributed by atoms with E-state index in [1.54, 1.807) is 27.6 Å². The Balaban J connectivity index is 3.55. The second-order valence-corrected chi connectivity index (χ2v) is 6.09. The van der Waals surface area contributed by atoms with Crippen LogP contribution in [0.25, 0.3) is 0 Å². The van der Waals surface area contributed by atoms with Gasteiger partial charge in [-0.05, 0) is 6.92 Å². The number of rotatable bonds is 10. The first-order valence-corrected chi connectivity index (χ1v) is 7.13. The van der Waals surface area contributed by atoms with E-state index in [1.165, 1.54) is 0 Å². The van der Waals surface area contributed by atoms with Crippen molar-refractivity contribution in [2.45, 2.75) is 13.0 Å². The molecule has 0 aromatic heterocycles. The van der Waals surface area contributed by atoms with Crippen LogP contribution in [0.4, 0.5) is 0 Å². The Morgan fingerprint density at radius 3 is 2.06 bits per heavy atom. The standard InChI is InChI=1S/C10H22O5Si/c1-5-6-14-7-8-15-9-10-16(11-2,12-3)13-4/h5-6H,7-10H2,1-4H3. The van der Waals surface area contributed by atoms with Crippen molar-refractivity contribution in [1.29, 1.82) is 0 Å². The molecule has 0 saturated heterocycles. The van der Waals surface area contributed by atoms with E-state index in [2.05, 4.69) is 0 Å². The summed E-state index contributed by atoms with van der Waals surface area (Å²) in [4.78, 5) is 0. The van der Waals surface area contributed by atoms with Gasteiger partial charge in [0.1, 0.15) is 6.61 Å². The van der Waals surface area contributed by atoms with E-state index in [0.29, 0.717) is 25.9 Å². The Morgan fingerprint density at radius 1 is 0.938 bits per heavy atom. The van der Waals surface area contributed by atoms with Crippen molar-refractivity contribution >= 4 is 8.80 Å². The van der Waals surface area contributed by atoms with Crippen molar-refractivity contribution in [3.63, 3.8) is 0 Å². The molecule has 0 aliphatic rings. The van der Waals surface area contributed by atoms with Crippen molar-refractivity contribution in [1.82, 2.24) is 0 Å². The molecule has 0 unspecified atom stereocenters. The molecule has 0 radical (unpaired) electrons. The lowest BCUT2D eigenvalue weighted by Crippen LogP contribution is -2.43. The highest BCUT2D eigenvalue weighted by Crippen LogP contribution is 2.11. The summed E-state index contributed by atoms with van der Waals surface area (Å²) in [5.74, 6) is 0. The normalized spacial score (nSPS) is 12.2. The van der Waals surface area contributed by atoms with Crippen LogP contribution in [0.2, 0.25) is 6.04 Å². The Morgan fingerprint density at radius 2 is 1.56 bits per heavy atom. The molecular weight excluding hydrogens is 228 g/mol. The number of hydrogen-bond acceptors (Lipinski definition) is 5. The van der Waals surface area contributed by atoms with Crippen molar-refractivity contribution in [2.75, 3.05) is 41.2 Å². The predicted molar refractivity (Wildman–Crippen MR) is 63.2 cm³/mol. The van der Waals surface area contributed by atoms with Gasteiger partial charge >= 0.3 is 8.80 Å². The molecule has 0 saturated carbocycles. The summed E-state index contributed by atoms with van der Waals surface area (Å²) in [6.45, 7) is 3.54. The third-order valence-corrected chi connectivity index (χ3v) is 4.75. The van der Waals surface area contributed by atoms with Crippen LogP contribution in [0, 0.1) is 0 Å². The van der Waals surface area contributed by atoms with Gasteiger partial charge in [-0.25, -0.2) is 0 Å². The molecule has 0 amide bonds. The van der Waals surface area contributed by atoms with Crippen LogP contribution in [0.1, 0.15) is 6.92 Å². The molecule has 0 fully saturated rings. The highest BCUT2D eigenvalue weighted by atomic mass is 28.4. The molecule has 0 aromatic carbocycles. The fourth-order valence-electron chi connectivity index (χ4n) is 1.13. The highest BCUT2D eigenvalue weighted by Gasteiger charge is 2.37. The highest BCUT2D eigenvalue weighted by molar-refractivity contribution is 6.60. The van der Waals surface area contributed by atoms with E-state index in [9.17, 15) is 0 Å². The minimum atomic E-state index is -2.47. The Labute approximate surface area is 98.7 Å².